The van der Waals surface area contributed by atoms with E-state index >= 15 is 0 Å². The lowest BCUT2D eigenvalue weighted by Gasteiger charge is -2.20. The molecular weight excluding hydrogens is 671 g/mol. The van der Waals surface area contributed by atoms with E-state index in [1.165, 1.54) is 38.5 Å². The fourth-order valence-electron chi connectivity index (χ4n) is 4.30. The Morgan fingerprint density at radius 1 is 0.627 bits per heavy atom. The summed E-state index contributed by atoms with van der Waals surface area (Å²) in [6.45, 7) is 2.07. The van der Waals surface area contributed by atoms with Crippen molar-refractivity contribution in [3.8, 4) is 0 Å². The summed E-state index contributed by atoms with van der Waals surface area (Å²) in [4.78, 5) is 34.7. The molecule has 0 aliphatic carbocycles. The first-order valence-electron chi connectivity index (χ1n) is 18.6. The fraction of sp³-hybridized carbons (Fsp3) is 0.600. The normalized spacial score (nSPS) is 15.0. The average Bonchev–Trinajstić information content (AvgIpc) is 3.12. The van der Waals surface area contributed by atoms with Crippen LogP contribution < -0.4 is 0 Å². The van der Waals surface area contributed by atoms with Gasteiger partial charge < -0.3 is 24.6 Å². The van der Waals surface area contributed by atoms with Crippen molar-refractivity contribution in [1.82, 2.24) is 0 Å². The van der Waals surface area contributed by atoms with E-state index in [0.717, 1.165) is 38.5 Å². The van der Waals surface area contributed by atoms with Crippen LogP contribution in [0.15, 0.2) is 85.1 Å². The number of phosphoric acid groups is 1. The third-order valence-corrected chi connectivity index (χ3v) is 8.13. The molecule has 11 heteroatoms. The van der Waals surface area contributed by atoms with Gasteiger partial charge in [0, 0.05) is 12.8 Å². The maximum Gasteiger partial charge on any atom is 0.472 e. The third kappa shape index (κ3) is 35.3. The van der Waals surface area contributed by atoms with Crippen LogP contribution in [-0.4, -0.2) is 65.7 Å². The largest absolute Gasteiger partial charge is 0.472 e. The van der Waals surface area contributed by atoms with Crippen LogP contribution in [0.4, 0.5) is 0 Å². The van der Waals surface area contributed by atoms with E-state index < -0.39 is 51.8 Å². The fourth-order valence-corrected chi connectivity index (χ4v) is 5.09. The number of esters is 2. The second-order valence-corrected chi connectivity index (χ2v) is 13.4. The van der Waals surface area contributed by atoms with E-state index in [9.17, 15) is 24.2 Å². The first kappa shape index (κ1) is 48.1. The standard InChI is InChI=1S/C40H65O10P/c1-3-5-7-9-11-13-15-17-18-20-21-23-25-27-29-31-39(43)47-35-38(36-49-51(45,46)48-34-37(42)33-41)50-40(44)32-30-28-26-24-22-19-16-14-12-10-8-6-4-2/h5,7,9,11,13,15,17-22,26,28,37-38,41-42H,3-4,6,8,10,12,14,16,23-25,27,29-36H2,1-2H3,(H,45,46)/b7-5+,11-9+,15-13+,18-17+,21-20+,22-19+,28-26+/t37-,38?/m0/s1. The molecule has 0 saturated carbocycles. The Bertz CT molecular complexity index is 1120. The van der Waals surface area contributed by atoms with Gasteiger partial charge in [0.25, 0.3) is 0 Å². The number of carbonyl (C=O) groups is 2. The monoisotopic (exact) mass is 736 g/mol. The van der Waals surface area contributed by atoms with Crippen LogP contribution in [0.2, 0.25) is 0 Å². The van der Waals surface area contributed by atoms with E-state index in [2.05, 4.69) is 42.7 Å². The quantitative estimate of drug-likeness (QED) is 0.0196. The maximum atomic E-state index is 12.5. The summed E-state index contributed by atoms with van der Waals surface area (Å²) in [6, 6.07) is 0. The molecule has 10 nitrogen and oxygen atoms in total. The second kappa shape index (κ2) is 35.5. The highest BCUT2D eigenvalue weighted by Crippen LogP contribution is 2.43. The van der Waals surface area contributed by atoms with Gasteiger partial charge in [-0.05, 0) is 51.4 Å². The van der Waals surface area contributed by atoms with Gasteiger partial charge in [0.05, 0.1) is 19.8 Å². The highest BCUT2D eigenvalue weighted by Gasteiger charge is 2.27. The van der Waals surface area contributed by atoms with Crippen LogP contribution in [-0.2, 0) is 32.7 Å². The predicted octanol–water partition coefficient (Wildman–Crippen LogP) is 9.10. The molecule has 0 fully saturated rings. The lowest BCUT2D eigenvalue weighted by Crippen LogP contribution is -2.29. The third-order valence-electron chi connectivity index (χ3n) is 7.18. The van der Waals surface area contributed by atoms with Gasteiger partial charge >= 0.3 is 19.8 Å². The number of unbranched alkanes of at least 4 members (excludes halogenated alkanes) is 9. The van der Waals surface area contributed by atoms with Crippen molar-refractivity contribution in [2.45, 2.75) is 129 Å². The molecule has 0 rings (SSSR count). The van der Waals surface area contributed by atoms with Crippen molar-refractivity contribution >= 4 is 19.8 Å². The van der Waals surface area contributed by atoms with Gasteiger partial charge in [-0.1, -0.05) is 137 Å². The van der Waals surface area contributed by atoms with E-state index in [1.54, 1.807) is 0 Å². The zero-order chi connectivity index (χ0) is 37.7. The lowest BCUT2D eigenvalue weighted by molar-refractivity contribution is -0.161. The summed E-state index contributed by atoms with van der Waals surface area (Å²) in [5, 5.41) is 18.3. The number of phosphoric ester groups is 1. The number of aliphatic hydroxyl groups is 2. The molecule has 0 aromatic carbocycles. The van der Waals surface area contributed by atoms with Gasteiger partial charge in [-0.15, -0.1) is 0 Å². The average molecular weight is 737 g/mol. The van der Waals surface area contributed by atoms with Gasteiger partial charge in [-0.25, -0.2) is 4.57 Å². The number of ether oxygens (including phenoxy) is 2. The lowest BCUT2D eigenvalue weighted by atomic mass is 10.1. The van der Waals surface area contributed by atoms with Crippen molar-refractivity contribution in [2.75, 3.05) is 26.4 Å². The van der Waals surface area contributed by atoms with Crippen LogP contribution in [0.25, 0.3) is 0 Å². The van der Waals surface area contributed by atoms with E-state index in [-0.39, 0.29) is 19.4 Å². The molecule has 0 spiro atoms. The SMILES string of the molecule is CC/C=C/C=C/C=C/C=C/C=C/CCCCCC(=O)OCC(COP(=O)(O)OC[C@@H](O)CO)OC(=O)CC/C=C/C/C=C/CCCCCCCC. The Morgan fingerprint density at radius 3 is 1.86 bits per heavy atom. The van der Waals surface area contributed by atoms with Crippen LogP contribution in [0.5, 0.6) is 0 Å². The molecule has 3 atom stereocenters. The number of hydrogen-bond acceptors (Lipinski definition) is 9. The van der Waals surface area contributed by atoms with Gasteiger partial charge in [0.2, 0.25) is 0 Å². The summed E-state index contributed by atoms with van der Waals surface area (Å²) >= 11 is 0. The van der Waals surface area contributed by atoms with E-state index in [4.69, 9.17) is 19.1 Å². The molecule has 0 aliphatic heterocycles. The number of carbonyl (C=O) groups excluding carboxylic acids is 2. The molecule has 3 N–H and O–H groups in total. The molecule has 0 aromatic heterocycles. The molecule has 0 saturated heterocycles. The zero-order valence-corrected chi connectivity index (χ0v) is 31.9. The Labute approximate surface area is 307 Å². The molecule has 51 heavy (non-hydrogen) atoms. The summed E-state index contributed by atoms with van der Waals surface area (Å²) in [7, 11) is -4.64. The van der Waals surface area contributed by atoms with Gasteiger partial charge in [-0.2, -0.15) is 0 Å². The van der Waals surface area contributed by atoms with Crippen LogP contribution in [0.1, 0.15) is 117 Å². The van der Waals surface area contributed by atoms with E-state index in [0.29, 0.717) is 12.8 Å². The second-order valence-electron chi connectivity index (χ2n) is 12.0. The summed E-state index contributed by atoms with van der Waals surface area (Å²) in [6.07, 6.45) is 40.0. The van der Waals surface area contributed by atoms with E-state index in [1.807, 2.05) is 60.8 Å². The minimum Gasteiger partial charge on any atom is -0.462 e. The summed E-state index contributed by atoms with van der Waals surface area (Å²) in [5.74, 6) is -1.06. The van der Waals surface area contributed by atoms with Crippen LogP contribution >= 0.6 is 7.82 Å². The first-order chi connectivity index (χ1) is 24.7. The van der Waals surface area contributed by atoms with Crippen molar-refractivity contribution in [3.63, 3.8) is 0 Å². The highest BCUT2D eigenvalue weighted by molar-refractivity contribution is 7.47. The Hall–Kier alpha value is -2.85. The van der Waals surface area contributed by atoms with Crippen molar-refractivity contribution in [2.24, 2.45) is 0 Å². The minimum atomic E-state index is -4.64. The molecule has 0 amide bonds. The molecule has 0 radical (unpaired) electrons. The number of allylic oxidation sites excluding steroid dienone is 14. The summed E-state index contributed by atoms with van der Waals surface area (Å²) < 4.78 is 32.4. The van der Waals surface area contributed by atoms with Gasteiger partial charge in [-0.3, -0.25) is 18.6 Å². The Balaban J connectivity index is 4.57. The summed E-state index contributed by atoms with van der Waals surface area (Å²) in [5.41, 5.74) is 0. The predicted molar refractivity (Wildman–Crippen MR) is 205 cm³/mol. The van der Waals surface area contributed by atoms with Crippen molar-refractivity contribution in [1.29, 1.82) is 0 Å². The molecular formula is C40H65O10P. The highest BCUT2D eigenvalue weighted by atomic mass is 31.2. The topological polar surface area (TPSA) is 149 Å². The smallest absolute Gasteiger partial charge is 0.462 e. The Morgan fingerprint density at radius 2 is 1.20 bits per heavy atom. The number of aliphatic hydroxyl groups excluding tert-OH is 2. The Kier molecular flexibility index (Phi) is 33.6. The van der Waals surface area contributed by atoms with Gasteiger partial charge in [0.15, 0.2) is 6.10 Å². The van der Waals surface area contributed by atoms with Gasteiger partial charge in [0.1, 0.15) is 12.7 Å². The van der Waals surface area contributed by atoms with Crippen molar-refractivity contribution < 1.29 is 47.8 Å². The van der Waals surface area contributed by atoms with Crippen molar-refractivity contribution in [3.05, 3.63) is 85.1 Å². The maximum absolute atomic E-state index is 12.5. The molecule has 0 bridgehead atoms. The molecule has 0 aliphatic rings. The molecule has 290 valence electrons. The molecule has 2 unspecified atom stereocenters. The number of hydrogen-bond donors (Lipinski definition) is 3. The van der Waals surface area contributed by atoms with Crippen LogP contribution in [0, 0.1) is 0 Å². The number of rotatable bonds is 33. The molecule has 0 aromatic rings. The first-order valence-corrected chi connectivity index (χ1v) is 20.1. The van der Waals surface area contributed by atoms with Crippen LogP contribution in [0.3, 0.4) is 0 Å². The molecule has 0 heterocycles. The minimum absolute atomic E-state index is 0.0631. The zero-order valence-electron chi connectivity index (χ0n) is 31.0.